The van der Waals surface area contributed by atoms with Crippen molar-refractivity contribution in [2.24, 2.45) is 51.7 Å². The Kier molecular flexibility index (Phi) is 28.2. The molecule has 0 amide bonds. The first-order valence-electron chi connectivity index (χ1n) is 57.2. The van der Waals surface area contributed by atoms with Crippen molar-refractivity contribution in [1.29, 1.82) is 0 Å². The monoisotopic (exact) mass is 1960 g/mol. The van der Waals surface area contributed by atoms with E-state index in [4.69, 9.17) is 0 Å². The van der Waals surface area contributed by atoms with Gasteiger partial charge in [-0.15, -0.1) is 0 Å². The minimum Gasteiger partial charge on any atom is -0.324 e. The Labute approximate surface area is 887 Å². The number of hydrogen-bond donors (Lipinski definition) is 0. The van der Waals surface area contributed by atoms with Crippen molar-refractivity contribution < 1.29 is 1.37 Å². The molecular weight excluding hydrogens is 1800 g/mol. The molecule has 0 radical (unpaired) electrons. The normalized spacial score (nSPS) is 25.4. The summed E-state index contributed by atoms with van der Waals surface area (Å²) in [5, 5.41) is 0. The fourth-order valence-corrected chi connectivity index (χ4v) is 30.1. The van der Waals surface area contributed by atoms with Crippen LogP contribution in [-0.4, -0.2) is 24.5 Å². The number of para-hydroxylation sites is 5. The number of nitrogens with zero attached hydrogens (tertiary/aromatic N) is 10. The van der Waals surface area contributed by atoms with Gasteiger partial charge in [-0.3, -0.25) is 0 Å². The molecule has 10 heterocycles. The molecule has 10 nitrogen and oxygen atoms in total. The lowest BCUT2D eigenvalue weighted by atomic mass is 9.57. The maximum atomic E-state index is 9.58. The van der Waals surface area contributed by atoms with E-state index in [0.717, 1.165) is 23.7 Å². The maximum absolute atomic E-state index is 9.58. The molecule has 148 heavy (non-hydrogen) atoms. The third-order valence-corrected chi connectivity index (χ3v) is 36.9. The van der Waals surface area contributed by atoms with Crippen LogP contribution in [0.25, 0.3) is 0 Å². The molecule has 11 aromatic rings. The fraction of sp³-hybridized carbons (Fsp3) is 0.377. The van der Waals surface area contributed by atoms with Crippen LogP contribution in [0.15, 0.2) is 422 Å². The van der Waals surface area contributed by atoms with E-state index in [2.05, 4.69) is 504 Å². The average Bonchev–Trinajstić information content (AvgIpc) is 1.54. The van der Waals surface area contributed by atoms with Gasteiger partial charge in [-0.25, -0.2) is 0 Å². The fourth-order valence-electron chi connectivity index (χ4n) is 30.1. The van der Waals surface area contributed by atoms with Crippen LogP contribution in [0.1, 0.15) is 303 Å². The van der Waals surface area contributed by atoms with Crippen molar-refractivity contribution in [1.82, 2.24) is 24.5 Å². The molecule has 8 unspecified atom stereocenters. The van der Waals surface area contributed by atoms with Crippen LogP contribution >= 0.6 is 0 Å². The molecule has 0 spiro atoms. The van der Waals surface area contributed by atoms with Crippen LogP contribution in [0.5, 0.6) is 0 Å². The number of anilines is 5. The number of fused-ring (bicyclic) bond motifs is 5. The first-order chi connectivity index (χ1) is 72.7. The summed E-state index contributed by atoms with van der Waals surface area (Å²) in [6.45, 7) is 29.6. The molecule has 0 N–H and O–H groups in total. The summed E-state index contributed by atoms with van der Waals surface area (Å²) in [5.74, 6) is 2.94. The highest BCUT2D eigenvalue weighted by Gasteiger charge is 2.60. The van der Waals surface area contributed by atoms with Gasteiger partial charge in [0.1, 0.15) is 30.8 Å². The van der Waals surface area contributed by atoms with Crippen LogP contribution in [0.3, 0.4) is 0 Å². The van der Waals surface area contributed by atoms with Gasteiger partial charge in [0, 0.05) is 134 Å². The zero-order chi connectivity index (χ0) is 102. The van der Waals surface area contributed by atoms with Crippen molar-refractivity contribution in [3.05, 3.63) is 483 Å². The summed E-state index contributed by atoms with van der Waals surface area (Å²) in [4.78, 5) is 25.4. The van der Waals surface area contributed by atoms with Gasteiger partial charge in [0.15, 0.2) is 0 Å². The van der Waals surface area contributed by atoms with E-state index in [1.165, 1.54) is 289 Å². The maximum Gasteiger partial charge on any atom is 0.136 e. The average molecular weight is 1960 g/mol. The molecule has 5 aliphatic carbocycles. The first-order valence-corrected chi connectivity index (χ1v) is 56.7. The molecule has 10 heteroatoms. The summed E-state index contributed by atoms with van der Waals surface area (Å²) < 4.78 is 9.58. The van der Waals surface area contributed by atoms with Gasteiger partial charge in [0.25, 0.3) is 0 Å². The van der Waals surface area contributed by atoms with E-state index in [1.54, 1.807) is 11.4 Å². The van der Waals surface area contributed by atoms with Crippen LogP contribution in [0.2, 0.25) is 0 Å². The zero-order valence-corrected chi connectivity index (χ0v) is 90.4. The van der Waals surface area contributed by atoms with E-state index >= 15 is 0 Å². The lowest BCUT2D eigenvalue weighted by Crippen LogP contribution is -2.41. The van der Waals surface area contributed by atoms with E-state index in [9.17, 15) is 1.37 Å². The Hall–Kier alpha value is -13.2. The van der Waals surface area contributed by atoms with Gasteiger partial charge in [-0.05, 0) is 261 Å². The molecule has 0 saturated heterocycles. The van der Waals surface area contributed by atoms with Gasteiger partial charge in [-0.1, -0.05) is 407 Å². The van der Waals surface area contributed by atoms with Gasteiger partial charge in [0.2, 0.25) is 0 Å². The minimum absolute atomic E-state index is 0.0640. The quantitative estimate of drug-likeness (QED) is 0.0933. The Morgan fingerprint density at radius 2 is 0.473 bits per heavy atom. The molecule has 5 saturated carbocycles. The molecular formula is C138H158N10. The van der Waals surface area contributed by atoms with Gasteiger partial charge in [0.05, 0.1) is 11.1 Å². The molecule has 15 aliphatic rings. The second-order valence-corrected chi connectivity index (χ2v) is 45.9. The molecule has 8 atom stereocenters. The van der Waals surface area contributed by atoms with Crippen molar-refractivity contribution in [2.75, 3.05) is 24.5 Å². The van der Waals surface area contributed by atoms with Gasteiger partial charge >= 0.3 is 0 Å². The Bertz CT molecular complexity index is 6920. The minimum atomic E-state index is -0.616. The van der Waals surface area contributed by atoms with E-state index in [0.29, 0.717) is 5.92 Å². The topological polar surface area (TPSA) is 32.4 Å². The highest BCUT2D eigenvalue weighted by molar-refractivity contribution is 5.71. The largest absolute Gasteiger partial charge is 0.324 e. The van der Waals surface area contributed by atoms with Crippen LogP contribution in [0.4, 0.5) is 28.4 Å². The third-order valence-electron chi connectivity index (χ3n) is 36.9. The second kappa shape index (κ2) is 42.5. The van der Waals surface area contributed by atoms with E-state index in [-0.39, 0.29) is 52.5 Å². The highest BCUT2D eigenvalue weighted by Crippen LogP contribution is 2.67. The van der Waals surface area contributed by atoms with Gasteiger partial charge in [-0.2, -0.15) is 0 Å². The predicted octanol–water partition coefficient (Wildman–Crippen LogP) is 36.0. The molecule has 5 fully saturated rings. The lowest BCUT2D eigenvalue weighted by molar-refractivity contribution is 0.0915. The SMILES string of the molecule is CC1=C2N(C=CC2(C)C)C(c2ccccc2)N1c1ccccc1C.CC1=C2N(C=CC2(C)c2ccccc2)C(c2ccccc2)N1c1ccccc1C.CC1=C2N(C=CC2(C2CCCCC2)C2CCCC2)C(c2ccccc2)N1c1ccccc1C.CC1=C2N(C=CC2(C2CCCCC2)C2CCCCC2)C(c2ccccc2)N1c1ccccc1C.[2H]C1(C2CCCCC2)C=CN2C1=C(C)N(c1ccccc1C)C2c1ccccc1. The molecule has 760 valence electrons. The Morgan fingerprint density at radius 3 is 0.797 bits per heavy atom. The predicted molar refractivity (Wildman–Crippen MR) is 617 cm³/mol. The summed E-state index contributed by atoms with van der Waals surface area (Å²) in [6, 6.07) is 109. The number of rotatable bonds is 16. The third kappa shape index (κ3) is 17.8. The van der Waals surface area contributed by atoms with Crippen LogP contribution < -0.4 is 24.5 Å². The van der Waals surface area contributed by atoms with Crippen molar-refractivity contribution in [3.63, 3.8) is 0 Å². The number of hydrogen-bond acceptors (Lipinski definition) is 10. The number of benzene rings is 11. The Balaban J connectivity index is 0.000000106. The lowest BCUT2D eigenvalue weighted by Gasteiger charge is -2.47. The molecule has 10 aliphatic heterocycles. The summed E-state index contributed by atoms with van der Waals surface area (Å²) >= 11 is 0. The standard InChI is InChI=1S/C32H40N2.C31H38N2.C27H26N2.C26H30N2.C22H24N2/c1-24-14-12-13-21-29(24)34-25(2)30-32(27-17-8-4-9-18-27,28-19-10-5-11-20-28)22-23-33(30)31(34)26-15-6-3-7-16-26;1-23-13-9-12-20-28(23)33-24(2)29-31(27-18-10-11-19-27,26-16-7-4-8-17-26)21-22-32(29)30(33)25-14-5-3-6-15-25;1-20-12-10-11-17-24(20)29-21(2)25-27(3,23-15-8-5-9-16-23)18-19-28(25)26(29)22-13-6-4-7-14-22;1-19-11-9-10-16-24(19)28-20(2)25-23(21-12-5-3-6-13-21)17-18-27(25)26(28)22-14-7-4-8-15-22;1-16-10-8-9-13-19(16)24-17(2)20-22(3,4)14-15-23(20)21(24)18-11-6-5-7-12-18/h3,6-7,12-16,21-23,27-28,31H,4-5,8-11,17-20H2,1-2H3;3,5-6,9,12-15,20-22,26-27,30H,4,7-8,10-11,16-19H2,1-2H3;4-19,26H,1-3H3;4,7-11,14-18,21,23,26H,3,5-6,12-13H2,1-2H3;5-15,21H,1-4H3/i;;;23D;. The molecule has 0 bridgehead atoms. The smallest absolute Gasteiger partial charge is 0.136 e. The highest BCUT2D eigenvalue weighted by atomic mass is 15.5. The Morgan fingerprint density at radius 1 is 0.230 bits per heavy atom. The summed E-state index contributed by atoms with van der Waals surface area (Å²) in [6.07, 6.45) is 57.5. The zero-order valence-electron chi connectivity index (χ0n) is 91.4. The summed E-state index contributed by atoms with van der Waals surface area (Å²) in [5.41, 5.74) is 35.4. The van der Waals surface area contributed by atoms with Crippen molar-refractivity contribution in [3.8, 4) is 0 Å². The van der Waals surface area contributed by atoms with Crippen LogP contribution in [0, 0.1) is 86.3 Å². The van der Waals surface area contributed by atoms with Crippen LogP contribution in [-0.2, 0) is 5.41 Å². The number of aryl methyl sites for hydroxylation is 5. The summed E-state index contributed by atoms with van der Waals surface area (Å²) in [7, 11) is 0. The van der Waals surface area contributed by atoms with Crippen molar-refractivity contribution >= 4 is 28.4 Å². The van der Waals surface area contributed by atoms with Crippen molar-refractivity contribution in [2.45, 2.75) is 280 Å². The first kappa shape index (κ1) is 98.2. The van der Waals surface area contributed by atoms with E-state index in [1.807, 2.05) is 0 Å². The molecule has 11 aromatic carbocycles. The number of allylic oxidation sites excluding steroid dienone is 10. The molecule has 26 rings (SSSR count). The molecule has 0 aromatic heterocycles. The van der Waals surface area contributed by atoms with E-state index < -0.39 is 5.89 Å². The van der Waals surface area contributed by atoms with Gasteiger partial charge < -0.3 is 49.0 Å². The second-order valence-electron chi connectivity index (χ2n) is 45.9.